The number of nitro groups is 1. The van der Waals surface area contributed by atoms with Gasteiger partial charge < -0.3 is 5.32 Å². The lowest BCUT2D eigenvalue weighted by atomic mass is 10.1. The van der Waals surface area contributed by atoms with Crippen molar-refractivity contribution in [1.29, 1.82) is 5.26 Å². The van der Waals surface area contributed by atoms with E-state index in [9.17, 15) is 10.1 Å². The van der Waals surface area contributed by atoms with Gasteiger partial charge in [-0.3, -0.25) is 15.2 Å². The van der Waals surface area contributed by atoms with Crippen molar-refractivity contribution in [2.24, 2.45) is 0 Å². The second-order valence-electron chi connectivity index (χ2n) is 4.36. The maximum absolute atomic E-state index is 10.7. The van der Waals surface area contributed by atoms with Gasteiger partial charge in [0.05, 0.1) is 21.9 Å². The molecule has 0 radical (unpaired) electrons. The third kappa shape index (κ3) is 2.59. The molecule has 2 N–H and O–H groups in total. The lowest BCUT2D eigenvalue weighted by Gasteiger charge is -2.08. The van der Waals surface area contributed by atoms with Gasteiger partial charge >= 0.3 is 0 Å². The van der Waals surface area contributed by atoms with E-state index in [0.29, 0.717) is 12.2 Å². The largest absolute Gasteiger partial charge is 0.380 e. The quantitative estimate of drug-likeness (QED) is 0.655. The molecule has 1 heterocycles. The molecule has 2 rings (SSSR count). The highest BCUT2D eigenvalue weighted by Gasteiger charge is 2.12. The summed E-state index contributed by atoms with van der Waals surface area (Å²) in [7, 11) is 0. The van der Waals surface area contributed by atoms with Crippen LogP contribution in [0.2, 0.25) is 0 Å². The molecule has 0 unspecified atom stereocenters. The summed E-state index contributed by atoms with van der Waals surface area (Å²) in [4.78, 5) is 10.2. The number of aromatic amines is 1. The Morgan fingerprint density at radius 3 is 2.80 bits per heavy atom. The van der Waals surface area contributed by atoms with E-state index in [2.05, 4.69) is 15.5 Å². The van der Waals surface area contributed by atoms with E-state index < -0.39 is 4.92 Å². The van der Waals surface area contributed by atoms with E-state index in [1.54, 1.807) is 6.07 Å². The summed E-state index contributed by atoms with van der Waals surface area (Å²) in [5.41, 5.74) is 3.58. The van der Waals surface area contributed by atoms with E-state index in [1.807, 2.05) is 19.9 Å². The topological polar surface area (TPSA) is 108 Å². The molecule has 0 saturated carbocycles. The fraction of sp³-hybridized carbons (Fsp3) is 0.231. The van der Waals surface area contributed by atoms with Crippen LogP contribution >= 0.6 is 0 Å². The predicted molar refractivity (Wildman–Crippen MR) is 73.2 cm³/mol. The molecule has 1 aromatic heterocycles. The summed E-state index contributed by atoms with van der Waals surface area (Å²) in [5.74, 6) is 0. The number of aromatic nitrogens is 2. The van der Waals surface area contributed by atoms with Crippen LogP contribution in [0.15, 0.2) is 18.2 Å². The van der Waals surface area contributed by atoms with Gasteiger partial charge in [0.2, 0.25) is 0 Å². The summed E-state index contributed by atoms with van der Waals surface area (Å²) < 4.78 is 0. The molecule has 0 atom stereocenters. The zero-order chi connectivity index (χ0) is 14.7. The molecule has 102 valence electrons. The minimum atomic E-state index is -0.519. The molecule has 0 fully saturated rings. The van der Waals surface area contributed by atoms with E-state index in [1.165, 1.54) is 12.1 Å². The second-order valence-corrected chi connectivity index (χ2v) is 4.36. The average molecular weight is 271 g/mol. The van der Waals surface area contributed by atoms with Crippen molar-refractivity contribution >= 4 is 11.4 Å². The fourth-order valence-electron chi connectivity index (χ4n) is 1.91. The van der Waals surface area contributed by atoms with Crippen LogP contribution in [0.5, 0.6) is 0 Å². The zero-order valence-electron chi connectivity index (χ0n) is 11.1. The van der Waals surface area contributed by atoms with Crippen molar-refractivity contribution in [1.82, 2.24) is 10.2 Å². The van der Waals surface area contributed by atoms with Crippen LogP contribution in [0.25, 0.3) is 0 Å². The number of nitrogens with one attached hydrogen (secondary N) is 2. The molecular weight excluding hydrogens is 258 g/mol. The van der Waals surface area contributed by atoms with Crippen molar-refractivity contribution in [3.05, 3.63) is 50.8 Å². The number of nitriles is 1. The van der Waals surface area contributed by atoms with E-state index in [4.69, 9.17) is 5.26 Å². The molecule has 2 aromatic rings. The molecule has 0 amide bonds. The van der Waals surface area contributed by atoms with Crippen molar-refractivity contribution in [2.75, 3.05) is 5.32 Å². The number of rotatable bonds is 4. The number of aryl methyl sites for hydroxylation is 2. The zero-order valence-corrected chi connectivity index (χ0v) is 11.1. The average Bonchev–Trinajstić information content (AvgIpc) is 2.75. The third-order valence-corrected chi connectivity index (χ3v) is 3.07. The van der Waals surface area contributed by atoms with Crippen LogP contribution in [0.4, 0.5) is 11.4 Å². The monoisotopic (exact) mass is 271 g/mol. The number of anilines is 1. The van der Waals surface area contributed by atoms with Gasteiger partial charge in [0.25, 0.3) is 5.69 Å². The van der Waals surface area contributed by atoms with Gasteiger partial charge in [0.15, 0.2) is 0 Å². The highest BCUT2D eigenvalue weighted by molar-refractivity contribution is 5.61. The first-order valence-electron chi connectivity index (χ1n) is 5.95. The summed E-state index contributed by atoms with van der Waals surface area (Å²) in [6.45, 7) is 4.31. The standard InChI is InChI=1S/C13H13N5O2/c1-8-12(9(2)17-16-8)7-15-13-4-3-11(18(19)20)5-10(13)6-14/h3-5,15H,7H2,1-2H3,(H,16,17). The van der Waals surface area contributed by atoms with Crippen LogP contribution in [-0.4, -0.2) is 15.1 Å². The summed E-state index contributed by atoms with van der Waals surface area (Å²) in [6, 6.07) is 6.14. The lowest BCUT2D eigenvalue weighted by Crippen LogP contribution is -2.03. The Kier molecular flexibility index (Phi) is 3.66. The SMILES string of the molecule is Cc1n[nH]c(C)c1CNc1ccc([N+](=O)[O-])cc1C#N. The Bertz CT molecular complexity index is 680. The lowest BCUT2D eigenvalue weighted by molar-refractivity contribution is -0.384. The molecule has 20 heavy (non-hydrogen) atoms. The molecule has 0 aliphatic heterocycles. The number of nitro benzene ring substituents is 1. The molecule has 0 spiro atoms. The maximum Gasteiger partial charge on any atom is 0.270 e. The Labute approximate surface area is 115 Å². The van der Waals surface area contributed by atoms with Crippen LogP contribution in [0.3, 0.4) is 0 Å². The molecule has 7 heteroatoms. The molecule has 0 saturated heterocycles. The minimum Gasteiger partial charge on any atom is -0.380 e. The highest BCUT2D eigenvalue weighted by atomic mass is 16.6. The highest BCUT2D eigenvalue weighted by Crippen LogP contribution is 2.22. The van der Waals surface area contributed by atoms with Gasteiger partial charge in [-0.1, -0.05) is 0 Å². The van der Waals surface area contributed by atoms with Crippen molar-refractivity contribution < 1.29 is 4.92 Å². The van der Waals surface area contributed by atoms with Crippen molar-refractivity contribution in [3.8, 4) is 6.07 Å². The van der Waals surface area contributed by atoms with E-state index >= 15 is 0 Å². The molecule has 0 aliphatic carbocycles. The fourth-order valence-corrected chi connectivity index (χ4v) is 1.91. The number of nitrogens with zero attached hydrogens (tertiary/aromatic N) is 3. The van der Waals surface area contributed by atoms with Gasteiger partial charge in [-0.15, -0.1) is 0 Å². The van der Waals surface area contributed by atoms with Crippen molar-refractivity contribution in [2.45, 2.75) is 20.4 Å². The minimum absolute atomic E-state index is 0.0947. The molecule has 1 aromatic carbocycles. The van der Waals surface area contributed by atoms with Crippen LogP contribution in [0.1, 0.15) is 22.5 Å². The smallest absolute Gasteiger partial charge is 0.270 e. The van der Waals surface area contributed by atoms with Crippen LogP contribution < -0.4 is 5.32 Å². The van der Waals surface area contributed by atoms with Gasteiger partial charge in [-0.2, -0.15) is 10.4 Å². The third-order valence-electron chi connectivity index (χ3n) is 3.07. The predicted octanol–water partition coefficient (Wildman–Crippen LogP) is 2.42. The second kappa shape index (κ2) is 5.40. The molecule has 0 aliphatic rings. The number of non-ortho nitro benzene ring substituents is 1. The Morgan fingerprint density at radius 2 is 2.25 bits per heavy atom. The Balaban J connectivity index is 2.22. The summed E-state index contributed by atoms with van der Waals surface area (Å²) in [6.07, 6.45) is 0. The van der Waals surface area contributed by atoms with Gasteiger partial charge in [0.1, 0.15) is 6.07 Å². The number of benzene rings is 1. The maximum atomic E-state index is 10.7. The number of H-pyrrole nitrogens is 1. The molecule has 7 nitrogen and oxygen atoms in total. The van der Waals surface area contributed by atoms with Crippen LogP contribution in [-0.2, 0) is 6.54 Å². The summed E-state index contributed by atoms with van der Waals surface area (Å²) >= 11 is 0. The number of hydrogen-bond acceptors (Lipinski definition) is 5. The Hall–Kier alpha value is -2.88. The Morgan fingerprint density at radius 1 is 1.50 bits per heavy atom. The van der Waals surface area contributed by atoms with Gasteiger partial charge in [-0.05, 0) is 19.9 Å². The van der Waals surface area contributed by atoms with E-state index in [-0.39, 0.29) is 11.3 Å². The van der Waals surface area contributed by atoms with Gasteiger partial charge in [-0.25, -0.2) is 0 Å². The first kappa shape index (κ1) is 13.5. The van der Waals surface area contributed by atoms with Gasteiger partial charge in [0, 0.05) is 29.9 Å². The van der Waals surface area contributed by atoms with Crippen molar-refractivity contribution in [3.63, 3.8) is 0 Å². The van der Waals surface area contributed by atoms with E-state index in [0.717, 1.165) is 17.0 Å². The summed E-state index contributed by atoms with van der Waals surface area (Å²) in [5, 5.41) is 29.8. The number of hydrogen-bond donors (Lipinski definition) is 2. The first-order chi connectivity index (χ1) is 9.52. The first-order valence-corrected chi connectivity index (χ1v) is 5.95. The van der Waals surface area contributed by atoms with Crippen LogP contribution in [0, 0.1) is 35.3 Å². The molecular formula is C13H13N5O2. The molecule has 0 bridgehead atoms. The normalized spacial score (nSPS) is 10.1.